The summed E-state index contributed by atoms with van der Waals surface area (Å²) in [5.74, 6) is 2.83. The highest BCUT2D eigenvalue weighted by Crippen LogP contribution is 2.48. The smallest absolute Gasteiger partial charge is 0.166 e. The molecule has 2 aliphatic rings. The van der Waals surface area contributed by atoms with Crippen LogP contribution in [0.2, 0.25) is 0 Å². The Kier molecular flexibility index (Phi) is 4.62. The van der Waals surface area contributed by atoms with Crippen LogP contribution in [0.1, 0.15) is 32.6 Å². The van der Waals surface area contributed by atoms with E-state index in [0.29, 0.717) is 6.61 Å². The van der Waals surface area contributed by atoms with Crippen molar-refractivity contribution in [2.75, 3.05) is 20.3 Å². The quantitative estimate of drug-likeness (QED) is 0.682. The minimum absolute atomic E-state index is 0.278. The lowest BCUT2D eigenvalue weighted by Crippen LogP contribution is -2.44. The Balaban J connectivity index is 1.64. The van der Waals surface area contributed by atoms with E-state index in [-0.39, 0.29) is 6.04 Å². The summed E-state index contributed by atoms with van der Waals surface area (Å²) in [4.78, 5) is 0. The first kappa shape index (κ1) is 13.1. The molecule has 0 saturated heterocycles. The van der Waals surface area contributed by atoms with Crippen molar-refractivity contribution in [1.82, 2.24) is 10.6 Å². The van der Waals surface area contributed by atoms with Crippen molar-refractivity contribution in [3.8, 4) is 0 Å². The van der Waals surface area contributed by atoms with Crippen molar-refractivity contribution in [3.63, 3.8) is 0 Å². The predicted molar refractivity (Wildman–Crippen MR) is 74.0 cm³/mol. The van der Waals surface area contributed by atoms with Gasteiger partial charge in [-0.2, -0.15) is 0 Å². The van der Waals surface area contributed by atoms with Crippen LogP contribution in [-0.2, 0) is 4.74 Å². The van der Waals surface area contributed by atoms with Crippen LogP contribution in [0.5, 0.6) is 0 Å². The number of hydrogen-bond donors (Lipinski definition) is 2. The summed E-state index contributed by atoms with van der Waals surface area (Å²) in [6.07, 6.45) is 5.73. The Morgan fingerprint density at radius 2 is 1.88 bits per heavy atom. The molecular formula is C13H24N2OS. The predicted octanol–water partition coefficient (Wildman–Crippen LogP) is 1.92. The van der Waals surface area contributed by atoms with Crippen LogP contribution < -0.4 is 10.6 Å². The van der Waals surface area contributed by atoms with Gasteiger partial charge in [-0.05, 0) is 62.6 Å². The Hall–Kier alpha value is -0.350. The molecule has 1 unspecified atom stereocenters. The van der Waals surface area contributed by atoms with Gasteiger partial charge in [-0.1, -0.05) is 0 Å². The SMILES string of the molecule is COCC(C)NC(=S)NCC(C1CC1)C1CC1. The molecule has 0 heterocycles. The first-order valence-electron chi connectivity index (χ1n) is 6.74. The zero-order valence-corrected chi connectivity index (χ0v) is 11.7. The Labute approximate surface area is 110 Å². The van der Waals surface area contributed by atoms with E-state index in [1.807, 2.05) is 0 Å². The maximum Gasteiger partial charge on any atom is 0.166 e. The Morgan fingerprint density at radius 1 is 1.29 bits per heavy atom. The number of methoxy groups -OCH3 is 1. The fraction of sp³-hybridized carbons (Fsp3) is 0.923. The molecule has 98 valence electrons. The minimum Gasteiger partial charge on any atom is -0.383 e. The summed E-state index contributed by atoms with van der Waals surface area (Å²) in [5, 5.41) is 7.41. The van der Waals surface area contributed by atoms with Crippen LogP contribution in [0.25, 0.3) is 0 Å². The fourth-order valence-electron chi connectivity index (χ4n) is 2.54. The molecule has 0 aromatic carbocycles. The van der Waals surface area contributed by atoms with E-state index < -0.39 is 0 Å². The second kappa shape index (κ2) is 6.01. The molecule has 0 bridgehead atoms. The van der Waals surface area contributed by atoms with Crippen molar-refractivity contribution < 1.29 is 4.74 Å². The van der Waals surface area contributed by atoms with E-state index in [9.17, 15) is 0 Å². The second-order valence-corrected chi connectivity index (χ2v) is 5.96. The summed E-state index contributed by atoms with van der Waals surface area (Å²) >= 11 is 5.30. The zero-order valence-electron chi connectivity index (χ0n) is 10.9. The fourth-order valence-corrected chi connectivity index (χ4v) is 2.83. The zero-order chi connectivity index (χ0) is 12.3. The average molecular weight is 256 g/mol. The summed E-state index contributed by atoms with van der Waals surface area (Å²) in [6.45, 7) is 3.83. The molecule has 0 radical (unpaired) electrons. The molecule has 3 nitrogen and oxygen atoms in total. The van der Waals surface area contributed by atoms with E-state index >= 15 is 0 Å². The first-order valence-corrected chi connectivity index (χ1v) is 7.15. The molecule has 0 aromatic heterocycles. The van der Waals surface area contributed by atoms with Crippen LogP contribution in [0.15, 0.2) is 0 Å². The van der Waals surface area contributed by atoms with Crippen molar-refractivity contribution >= 4 is 17.3 Å². The maximum absolute atomic E-state index is 5.30. The molecule has 0 spiro atoms. The highest BCUT2D eigenvalue weighted by atomic mass is 32.1. The van der Waals surface area contributed by atoms with Crippen LogP contribution in [0.3, 0.4) is 0 Å². The standard InChI is InChI=1S/C13H24N2OS/c1-9(8-16-2)15-13(17)14-7-12(10-3-4-10)11-5-6-11/h9-12H,3-8H2,1-2H3,(H2,14,15,17). The number of nitrogens with one attached hydrogen (secondary N) is 2. The highest BCUT2D eigenvalue weighted by molar-refractivity contribution is 7.80. The van der Waals surface area contributed by atoms with E-state index in [0.717, 1.165) is 29.4 Å². The lowest BCUT2D eigenvalue weighted by atomic mass is 9.98. The van der Waals surface area contributed by atoms with Gasteiger partial charge >= 0.3 is 0 Å². The third-order valence-corrected chi connectivity index (χ3v) is 4.01. The van der Waals surface area contributed by atoms with Gasteiger partial charge in [-0.15, -0.1) is 0 Å². The molecule has 0 amide bonds. The average Bonchev–Trinajstić information content (AvgIpc) is 3.13. The summed E-state index contributed by atoms with van der Waals surface area (Å²) in [6, 6.07) is 0.278. The maximum atomic E-state index is 5.30. The summed E-state index contributed by atoms with van der Waals surface area (Å²) in [7, 11) is 1.71. The molecule has 0 aliphatic heterocycles. The van der Waals surface area contributed by atoms with Crippen molar-refractivity contribution in [2.24, 2.45) is 17.8 Å². The van der Waals surface area contributed by atoms with E-state index in [1.165, 1.54) is 25.7 Å². The third-order valence-electron chi connectivity index (χ3n) is 3.75. The van der Waals surface area contributed by atoms with Crippen LogP contribution in [0.4, 0.5) is 0 Å². The van der Waals surface area contributed by atoms with Crippen LogP contribution >= 0.6 is 12.2 Å². The Morgan fingerprint density at radius 3 is 2.35 bits per heavy atom. The first-order chi connectivity index (χ1) is 8.20. The van der Waals surface area contributed by atoms with Gasteiger partial charge < -0.3 is 15.4 Å². The lowest BCUT2D eigenvalue weighted by Gasteiger charge is -2.20. The lowest BCUT2D eigenvalue weighted by molar-refractivity contribution is 0.179. The van der Waals surface area contributed by atoms with Gasteiger partial charge in [-0.25, -0.2) is 0 Å². The summed E-state index contributed by atoms with van der Waals surface area (Å²) in [5.41, 5.74) is 0. The van der Waals surface area contributed by atoms with Gasteiger partial charge in [0, 0.05) is 19.7 Å². The highest BCUT2D eigenvalue weighted by Gasteiger charge is 2.41. The van der Waals surface area contributed by atoms with Crippen LogP contribution in [-0.4, -0.2) is 31.4 Å². The van der Waals surface area contributed by atoms with Gasteiger partial charge in [0.05, 0.1) is 6.61 Å². The molecule has 2 fully saturated rings. The van der Waals surface area contributed by atoms with Gasteiger partial charge in [0.1, 0.15) is 0 Å². The molecule has 17 heavy (non-hydrogen) atoms. The molecular weight excluding hydrogens is 232 g/mol. The molecule has 1 atom stereocenters. The van der Waals surface area contributed by atoms with E-state index in [2.05, 4.69) is 17.6 Å². The molecule has 4 heteroatoms. The topological polar surface area (TPSA) is 33.3 Å². The second-order valence-electron chi connectivity index (χ2n) is 5.55. The number of rotatable bonds is 7. The minimum atomic E-state index is 0.278. The van der Waals surface area contributed by atoms with Crippen molar-refractivity contribution in [2.45, 2.75) is 38.6 Å². The normalized spacial score (nSPS) is 21.4. The van der Waals surface area contributed by atoms with Crippen LogP contribution in [0, 0.1) is 17.8 Å². The molecule has 2 N–H and O–H groups in total. The van der Waals surface area contributed by atoms with E-state index in [4.69, 9.17) is 17.0 Å². The van der Waals surface area contributed by atoms with Gasteiger partial charge in [0.15, 0.2) is 5.11 Å². The monoisotopic (exact) mass is 256 g/mol. The molecule has 0 aromatic rings. The number of hydrogen-bond acceptors (Lipinski definition) is 2. The third kappa shape index (κ3) is 4.43. The molecule has 2 aliphatic carbocycles. The molecule has 2 rings (SSSR count). The largest absolute Gasteiger partial charge is 0.383 e. The van der Waals surface area contributed by atoms with Gasteiger partial charge in [0.2, 0.25) is 0 Å². The van der Waals surface area contributed by atoms with Gasteiger partial charge in [-0.3, -0.25) is 0 Å². The molecule has 2 saturated carbocycles. The van der Waals surface area contributed by atoms with E-state index in [1.54, 1.807) is 7.11 Å². The Bertz CT molecular complexity index is 252. The number of thiocarbonyl (C=S) groups is 1. The van der Waals surface area contributed by atoms with Gasteiger partial charge in [0.25, 0.3) is 0 Å². The summed E-state index contributed by atoms with van der Waals surface area (Å²) < 4.78 is 5.08. The van der Waals surface area contributed by atoms with Crippen molar-refractivity contribution in [1.29, 1.82) is 0 Å². The number of ether oxygens (including phenoxy) is 1. The van der Waals surface area contributed by atoms with Crippen molar-refractivity contribution in [3.05, 3.63) is 0 Å².